The van der Waals surface area contributed by atoms with Crippen LogP contribution in [0.25, 0.3) is 5.52 Å². The van der Waals surface area contributed by atoms with Crippen LogP contribution in [0, 0.1) is 0 Å². The maximum Gasteiger partial charge on any atom is 0.245 e. The Morgan fingerprint density at radius 1 is 1.29 bits per heavy atom. The van der Waals surface area contributed by atoms with Gasteiger partial charge in [0.1, 0.15) is 11.3 Å². The summed E-state index contributed by atoms with van der Waals surface area (Å²) in [5.74, 6) is 1.50. The summed E-state index contributed by atoms with van der Waals surface area (Å²) in [5.41, 5.74) is 2.63. The van der Waals surface area contributed by atoms with E-state index in [1.807, 2.05) is 24.3 Å². The Morgan fingerprint density at radius 3 is 2.90 bits per heavy atom. The van der Waals surface area contributed by atoms with E-state index in [-0.39, 0.29) is 6.61 Å². The topological polar surface area (TPSA) is 59.7 Å². The summed E-state index contributed by atoms with van der Waals surface area (Å²) in [5, 5.41) is 13.7. The Hall–Kier alpha value is -2.40. The molecule has 0 aliphatic rings. The average Bonchev–Trinajstić information content (AvgIpc) is 2.93. The molecule has 0 aliphatic heterocycles. The van der Waals surface area contributed by atoms with Crippen molar-refractivity contribution >= 4 is 5.52 Å². The van der Waals surface area contributed by atoms with Crippen LogP contribution in [0.5, 0.6) is 11.6 Å². The van der Waals surface area contributed by atoms with Crippen molar-refractivity contribution in [3.8, 4) is 11.6 Å². The quantitative estimate of drug-likeness (QED) is 0.799. The minimum Gasteiger partial charge on any atom is -0.437 e. The minimum atomic E-state index is -0.0149. The first kappa shape index (κ1) is 13.6. The van der Waals surface area contributed by atoms with Crippen LogP contribution in [-0.4, -0.2) is 19.7 Å². The monoisotopic (exact) mass is 283 g/mol. The number of hydrogen-bond donors (Lipinski definition) is 1. The van der Waals surface area contributed by atoms with Crippen molar-refractivity contribution in [1.29, 1.82) is 0 Å². The van der Waals surface area contributed by atoms with Gasteiger partial charge in [0.15, 0.2) is 0 Å². The van der Waals surface area contributed by atoms with Crippen molar-refractivity contribution in [3.63, 3.8) is 0 Å². The highest BCUT2D eigenvalue weighted by Crippen LogP contribution is 2.26. The SMILES string of the molecule is CC(C)c1cc2c(Oc3cccc(CO)c3)nccn2n1. The van der Waals surface area contributed by atoms with E-state index in [9.17, 15) is 5.11 Å². The van der Waals surface area contributed by atoms with Gasteiger partial charge in [-0.25, -0.2) is 9.50 Å². The molecule has 2 heterocycles. The van der Waals surface area contributed by atoms with Gasteiger partial charge in [-0.05, 0) is 29.7 Å². The third-order valence-electron chi connectivity index (χ3n) is 3.26. The summed E-state index contributed by atoms with van der Waals surface area (Å²) in [4.78, 5) is 4.28. The molecular formula is C16H17N3O2. The highest BCUT2D eigenvalue weighted by Gasteiger charge is 2.11. The average molecular weight is 283 g/mol. The van der Waals surface area contributed by atoms with Crippen molar-refractivity contribution in [3.05, 3.63) is 54.0 Å². The third kappa shape index (κ3) is 2.73. The van der Waals surface area contributed by atoms with Gasteiger partial charge in [0, 0.05) is 12.4 Å². The Morgan fingerprint density at radius 2 is 2.14 bits per heavy atom. The van der Waals surface area contributed by atoms with Gasteiger partial charge in [-0.2, -0.15) is 5.10 Å². The highest BCUT2D eigenvalue weighted by atomic mass is 16.5. The molecule has 0 fully saturated rings. The molecule has 108 valence electrons. The molecule has 0 saturated carbocycles. The molecule has 0 radical (unpaired) electrons. The lowest BCUT2D eigenvalue weighted by molar-refractivity contribution is 0.281. The molecule has 0 amide bonds. The maximum absolute atomic E-state index is 9.18. The fraction of sp³-hybridized carbons (Fsp3) is 0.250. The third-order valence-corrected chi connectivity index (χ3v) is 3.26. The summed E-state index contributed by atoms with van der Waals surface area (Å²) in [7, 11) is 0. The highest BCUT2D eigenvalue weighted by molar-refractivity contribution is 5.58. The molecule has 0 unspecified atom stereocenters. The normalized spacial score (nSPS) is 11.2. The van der Waals surface area contributed by atoms with Crippen LogP contribution in [0.2, 0.25) is 0 Å². The first-order valence-corrected chi connectivity index (χ1v) is 6.89. The lowest BCUT2D eigenvalue weighted by atomic mass is 10.1. The molecule has 2 aromatic heterocycles. The molecule has 1 aromatic carbocycles. The number of benzene rings is 1. The number of rotatable bonds is 4. The zero-order valence-corrected chi connectivity index (χ0v) is 12.0. The van der Waals surface area contributed by atoms with Crippen LogP contribution >= 0.6 is 0 Å². The van der Waals surface area contributed by atoms with Gasteiger partial charge in [0.2, 0.25) is 5.88 Å². The molecule has 1 N–H and O–H groups in total. The molecule has 0 bridgehead atoms. The molecule has 0 saturated heterocycles. The van der Waals surface area contributed by atoms with Crippen molar-refractivity contribution < 1.29 is 9.84 Å². The summed E-state index contributed by atoms with van der Waals surface area (Å²) in [6.07, 6.45) is 3.47. The van der Waals surface area contributed by atoms with Crippen molar-refractivity contribution in [2.75, 3.05) is 0 Å². The van der Waals surface area contributed by atoms with E-state index in [2.05, 4.69) is 23.9 Å². The predicted octanol–water partition coefficient (Wildman–Crippen LogP) is 3.14. The molecule has 5 nitrogen and oxygen atoms in total. The smallest absolute Gasteiger partial charge is 0.245 e. The van der Waals surface area contributed by atoms with Crippen LogP contribution in [0.3, 0.4) is 0 Å². The van der Waals surface area contributed by atoms with E-state index in [0.29, 0.717) is 17.5 Å². The Balaban J connectivity index is 1.99. The fourth-order valence-electron chi connectivity index (χ4n) is 2.10. The fourth-order valence-corrected chi connectivity index (χ4v) is 2.10. The number of nitrogens with zero attached hydrogens (tertiary/aromatic N) is 3. The van der Waals surface area contributed by atoms with E-state index in [4.69, 9.17) is 4.74 Å². The van der Waals surface area contributed by atoms with E-state index in [1.54, 1.807) is 23.0 Å². The van der Waals surface area contributed by atoms with E-state index in [1.165, 1.54) is 0 Å². The minimum absolute atomic E-state index is 0.0149. The van der Waals surface area contributed by atoms with Crippen LogP contribution in [0.4, 0.5) is 0 Å². The van der Waals surface area contributed by atoms with Gasteiger partial charge < -0.3 is 9.84 Å². The van der Waals surface area contributed by atoms with E-state index in [0.717, 1.165) is 16.8 Å². The second kappa shape index (κ2) is 5.54. The molecule has 5 heteroatoms. The van der Waals surface area contributed by atoms with Gasteiger partial charge >= 0.3 is 0 Å². The summed E-state index contributed by atoms with van der Waals surface area (Å²) in [6.45, 7) is 4.18. The van der Waals surface area contributed by atoms with Crippen LogP contribution in [-0.2, 0) is 6.61 Å². The van der Waals surface area contributed by atoms with Crippen LogP contribution in [0.15, 0.2) is 42.7 Å². The molecule has 3 rings (SSSR count). The molecule has 0 atom stereocenters. The molecular weight excluding hydrogens is 266 g/mol. The van der Waals surface area contributed by atoms with Gasteiger partial charge in [0.25, 0.3) is 0 Å². The summed E-state index contributed by atoms with van der Waals surface area (Å²) < 4.78 is 7.62. The Kier molecular flexibility index (Phi) is 3.58. The second-order valence-electron chi connectivity index (χ2n) is 5.19. The zero-order valence-electron chi connectivity index (χ0n) is 12.0. The molecule has 0 spiro atoms. The van der Waals surface area contributed by atoms with Gasteiger partial charge in [-0.3, -0.25) is 0 Å². The van der Waals surface area contributed by atoms with Crippen LogP contribution < -0.4 is 4.74 Å². The van der Waals surface area contributed by atoms with Gasteiger partial charge in [-0.1, -0.05) is 26.0 Å². The number of hydrogen-bond acceptors (Lipinski definition) is 4. The first-order chi connectivity index (χ1) is 10.2. The van der Waals surface area contributed by atoms with Crippen molar-refractivity contribution in [1.82, 2.24) is 14.6 Å². The van der Waals surface area contributed by atoms with E-state index >= 15 is 0 Å². The maximum atomic E-state index is 9.18. The number of aromatic nitrogens is 3. The Labute approximate surface area is 122 Å². The van der Waals surface area contributed by atoms with Gasteiger partial charge in [-0.15, -0.1) is 0 Å². The van der Waals surface area contributed by atoms with E-state index < -0.39 is 0 Å². The molecule has 3 aromatic rings. The lowest BCUT2D eigenvalue weighted by Crippen LogP contribution is -1.94. The number of aliphatic hydroxyl groups is 1. The largest absolute Gasteiger partial charge is 0.437 e. The summed E-state index contributed by atoms with van der Waals surface area (Å²) in [6, 6.07) is 9.31. The lowest BCUT2D eigenvalue weighted by Gasteiger charge is -2.06. The molecule has 21 heavy (non-hydrogen) atoms. The zero-order chi connectivity index (χ0) is 14.8. The van der Waals surface area contributed by atoms with Crippen LogP contribution in [0.1, 0.15) is 31.0 Å². The second-order valence-corrected chi connectivity index (χ2v) is 5.19. The van der Waals surface area contributed by atoms with Crippen molar-refractivity contribution in [2.24, 2.45) is 0 Å². The number of ether oxygens (including phenoxy) is 1. The van der Waals surface area contributed by atoms with Gasteiger partial charge in [0.05, 0.1) is 12.3 Å². The Bertz CT molecular complexity index is 765. The standard InChI is InChI=1S/C16H17N3O2/c1-11(2)14-9-15-16(17-6-7-19(15)18-14)21-13-5-3-4-12(8-13)10-20/h3-9,11,20H,10H2,1-2H3. The summed E-state index contributed by atoms with van der Waals surface area (Å²) >= 11 is 0. The first-order valence-electron chi connectivity index (χ1n) is 6.89. The predicted molar refractivity (Wildman–Crippen MR) is 79.5 cm³/mol. The number of fused-ring (bicyclic) bond motifs is 1. The number of aliphatic hydroxyl groups excluding tert-OH is 1. The molecule has 0 aliphatic carbocycles. The van der Waals surface area contributed by atoms with Crippen molar-refractivity contribution in [2.45, 2.75) is 26.4 Å².